The van der Waals surface area contributed by atoms with Crippen molar-refractivity contribution in [1.29, 1.82) is 0 Å². The van der Waals surface area contributed by atoms with Gasteiger partial charge in [0, 0.05) is 32.7 Å². The molecule has 22 heavy (non-hydrogen) atoms. The number of piperazine rings is 1. The molecule has 1 amide bonds. The van der Waals surface area contributed by atoms with Gasteiger partial charge in [-0.3, -0.25) is 4.90 Å². The van der Waals surface area contributed by atoms with Crippen LogP contribution in [-0.4, -0.2) is 54.3 Å². The monoisotopic (exact) mass is 300 g/mol. The van der Waals surface area contributed by atoms with Crippen molar-refractivity contribution in [3.05, 3.63) is 42.0 Å². The number of fused-ring (bicyclic) bond motifs is 1. The van der Waals surface area contributed by atoms with E-state index < -0.39 is 6.09 Å². The van der Waals surface area contributed by atoms with Crippen LogP contribution in [0.1, 0.15) is 5.56 Å². The highest BCUT2D eigenvalue weighted by Crippen LogP contribution is 2.22. The molecule has 3 rings (SSSR count). The van der Waals surface area contributed by atoms with Crippen molar-refractivity contribution in [3.8, 4) is 5.75 Å². The topological polar surface area (TPSA) is 53.0 Å². The number of benzene rings is 2. The standard InChI is InChI=1S/C17H20N2O3/c1-22-16-5-4-14-10-13(2-3-15(14)11-16)12-18-6-8-19(9-7-18)17(20)21/h2-5,10-11H,6-9,12H2,1H3,(H,20,21). The zero-order valence-electron chi connectivity index (χ0n) is 12.7. The number of nitrogens with zero attached hydrogens (tertiary/aromatic N) is 2. The zero-order valence-corrected chi connectivity index (χ0v) is 12.7. The molecule has 5 heteroatoms. The lowest BCUT2D eigenvalue weighted by Crippen LogP contribution is -2.47. The van der Waals surface area contributed by atoms with E-state index in [9.17, 15) is 4.79 Å². The van der Waals surface area contributed by atoms with Crippen LogP contribution in [0.5, 0.6) is 5.75 Å². The molecule has 2 aromatic carbocycles. The average Bonchev–Trinajstić information content (AvgIpc) is 2.55. The lowest BCUT2D eigenvalue weighted by molar-refractivity contribution is 0.103. The van der Waals surface area contributed by atoms with Crippen molar-refractivity contribution in [2.45, 2.75) is 6.54 Å². The number of carbonyl (C=O) groups is 1. The van der Waals surface area contributed by atoms with Crippen LogP contribution in [0.15, 0.2) is 36.4 Å². The quantitative estimate of drug-likeness (QED) is 0.947. The van der Waals surface area contributed by atoms with Crippen molar-refractivity contribution >= 4 is 16.9 Å². The molecule has 0 bridgehead atoms. The molecule has 1 aliphatic rings. The van der Waals surface area contributed by atoms with E-state index in [0.29, 0.717) is 13.1 Å². The third-order valence-corrected chi connectivity index (χ3v) is 4.16. The fraction of sp³-hybridized carbons (Fsp3) is 0.353. The SMILES string of the molecule is COc1ccc2cc(CN3CCN(C(=O)O)CC3)ccc2c1. The third kappa shape index (κ3) is 3.14. The summed E-state index contributed by atoms with van der Waals surface area (Å²) in [4.78, 5) is 14.7. The van der Waals surface area contributed by atoms with Crippen LogP contribution in [-0.2, 0) is 6.54 Å². The summed E-state index contributed by atoms with van der Waals surface area (Å²) < 4.78 is 5.24. The molecule has 0 atom stereocenters. The molecular formula is C17H20N2O3. The molecule has 0 aromatic heterocycles. The van der Waals surface area contributed by atoms with E-state index in [1.54, 1.807) is 7.11 Å². The fourth-order valence-corrected chi connectivity index (χ4v) is 2.85. The lowest BCUT2D eigenvalue weighted by Gasteiger charge is -2.33. The van der Waals surface area contributed by atoms with Crippen molar-refractivity contribution < 1.29 is 14.6 Å². The van der Waals surface area contributed by atoms with Crippen LogP contribution in [0.2, 0.25) is 0 Å². The number of amides is 1. The average molecular weight is 300 g/mol. The summed E-state index contributed by atoms with van der Waals surface area (Å²) in [5.74, 6) is 0.866. The molecular weight excluding hydrogens is 280 g/mol. The van der Waals surface area contributed by atoms with E-state index in [1.807, 2.05) is 12.1 Å². The van der Waals surface area contributed by atoms with Gasteiger partial charge in [-0.25, -0.2) is 4.79 Å². The van der Waals surface area contributed by atoms with Gasteiger partial charge in [-0.15, -0.1) is 0 Å². The van der Waals surface area contributed by atoms with Gasteiger partial charge in [0.05, 0.1) is 7.11 Å². The van der Waals surface area contributed by atoms with Gasteiger partial charge in [0.25, 0.3) is 0 Å². The van der Waals surface area contributed by atoms with E-state index in [1.165, 1.54) is 21.2 Å². The highest BCUT2D eigenvalue weighted by Gasteiger charge is 2.20. The maximum Gasteiger partial charge on any atom is 0.407 e. The first kappa shape index (κ1) is 14.7. The molecule has 0 radical (unpaired) electrons. The van der Waals surface area contributed by atoms with Gasteiger partial charge in [-0.2, -0.15) is 0 Å². The summed E-state index contributed by atoms with van der Waals surface area (Å²) in [5.41, 5.74) is 1.25. The summed E-state index contributed by atoms with van der Waals surface area (Å²) >= 11 is 0. The summed E-state index contributed by atoms with van der Waals surface area (Å²) in [5, 5.41) is 11.3. The first-order valence-corrected chi connectivity index (χ1v) is 7.42. The first-order chi connectivity index (χ1) is 10.7. The number of hydrogen-bond acceptors (Lipinski definition) is 3. The van der Waals surface area contributed by atoms with Gasteiger partial charge >= 0.3 is 6.09 Å². The van der Waals surface area contributed by atoms with Crippen LogP contribution >= 0.6 is 0 Å². The third-order valence-electron chi connectivity index (χ3n) is 4.16. The molecule has 1 fully saturated rings. The molecule has 1 saturated heterocycles. The number of methoxy groups -OCH3 is 1. The van der Waals surface area contributed by atoms with Crippen LogP contribution in [0.25, 0.3) is 10.8 Å². The van der Waals surface area contributed by atoms with Crippen LogP contribution < -0.4 is 4.74 Å². The van der Waals surface area contributed by atoms with E-state index in [2.05, 4.69) is 29.2 Å². The second-order valence-electron chi connectivity index (χ2n) is 5.59. The minimum Gasteiger partial charge on any atom is -0.497 e. The molecule has 0 spiro atoms. The number of hydrogen-bond donors (Lipinski definition) is 1. The Bertz CT molecular complexity index is 679. The van der Waals surface area contributed by atoms with Crippen LogP contribution in [0, 0.1) is 0 Å². The van der Waals surface area contributed by atoms with E-state index in [0.717, 1.165) is 25.4 Å². The summed E-state index contributed by atoms with van der Waals surface area (Å²) in [6, 6.07) is 12.5. The van der Waals surface area contributed by atoms with E-state index in [-0.39, 0.29) is 0 Å². The summed E-state index contributed by atoms with van der Waals surface area (Å²) in [6.45, 7) is 3.59. The van der Waals surface area contributed by atoms with E-state index >= 15 is 0 Å². The van der Waals surface area contributed by atoms with Crippen molar-refractivity contribution in [2.24, 2.45) is 0 Å². The molecule has 0 aliphatic carbocycles. The van der Waals surface area contributed by atoms with Crippen molar-refractivity contribution in [2.75, 3.05) is 33.3 Å². The van der Waals surface area contributed by atoms with Crippen molar-refractivity contribution in [3.63, 3.8) is 0 Å². The van der Waals surface area contributed by atoms with Gasteiger partial charge in [-0.05, 0) is 34.5 Å². The fourth-order valence-electron chi connectivity index (χ4n) is 2.85. The Labute approximate surface area is 129 Å². The summed E-state index contributed by atoms with van der Waals surface area (Å²) in [6.07, 6.45) is -0.820. The Morgan fingerprint density at radius 1 is 1.09 bits per heavy atom. The second kappa shape index (κ2) is 6.23. The Morgan fingerprint density at radius 2 is 1.77 bits per heavy atom. The van der Waals surface area contributed by atoms with Gasteiger partial charge in [-0.1, -0.05) is 18.2 Å². The zero-order chi connectivity index (χ0) is 15.5. The largest absolute Gasteiger partial charge is 0.497 e. The lowest BCUT2D eigenvalue weighted by atomic mass is 10.1. The Morgan fingerprint density at radius 3 is 2.45 bits per heavy atom. The number of carboxylic acid groups (broad SMARTS) is 1. The molecule has 5 nitrogen and oxygen atoms in total. The number of rotatable bonds is 3. The van der Waals surface area contributed by atoms with Gasteiger partial charge < -0.3 is 14.7 Å². The predicted molar refractivity (Wildman–Crippen MR) is 85.4 cm³/mol. The Balaban J connectivity index is 1.68. The smallest absolute Gasteiger partial charge is 0.407 e. The minimum atomic E-state index is -0.820. The highest BCUT2D eigenvalue weighted by atomic mass is 16.5. The Kier molecular flexibility index (Phi) is 4.15. The Hall–Kier alpha value is -2.27. The first-order valence-electron chi connectivity index (χ1n) is 7.42. The maximum atomic E-state index is 10.9. The molecule has 1 heterocycles. The van der Waals surface area contributed by atoms with Crippen LogP contribution in [0.4, 0.5) is 4.79 Å². The normalized spacial score (nSPS) is 16.0. The molecule has 1 aliphatic heterocycles. The van der Waals surface area contributed by atoms with Gasteiger partial charge in [0.15, 0.2) is 0 Å². The predicted octanol–water partition coefficient (Wildman–Crippen LogP) is 2.64. The number of ether oxygens (including phenoxy) is 1. The molecule has 2 aromatic rings. The van der Waals surface area contributed by atoms with Crippen LogP contribution in [0.3, 0.4) is 0 Å². The molecule has 116 valence electrons. The summed E-state index contributed by atoms with van der Waals surface area (Å²) in [7, 11) is 1.67. The molecule has 1 N–H and O–H groups in total. The molecule has 0 unspecified atom stereocenters. The highest BCUT2D eigenvalue weighted by molar-refractivity contribution is 5.84. The minimum absolute atomic E-state index is 0.583. The van der Waals surface area contributed by atoms with E-state index in [4.69, 9.17) is 9.84 Å². The van der Waals surface area contributed by atoms with Crippen molar-refractivity contribution in [1.82, 2.24) is 9.80 Å². The second-order valence-corrected chi connectivity index (χ2v) is 5.59. The van der Waals surface area contributed by atoms with Gasteiger partial charge in [0.2, 0.25) is 0 Å². The molecule has 0 saturated carbocycles. The van der Waals surface area contributed by atoms with Gasteiger partial charge in [0.1, 0.15) is 5.75 Å². The maximum absolute atomic E-state index is 10.9.